The standard InChI is InChI=1S/C31H33IN6OP2/c1-3-5-19-6-4-7-25(40)27(19)38-28(22-14-26(41)30(39-2)29-21(22)10-13-37(29)32)23-17-36(12-11-24(23)35-38)31-33-15-20(16-34-31)18-8-9-18/h4,6-7,10,13-16,18H,3,5,8-9,11-12,17,40-41H2,1-2H3. The van der Waals surface area contributed by atoms with Gasteiger partial charge in [-0.25, -0.2) is 14.6 Å². The third-order valence-electron chi connectivity index (χ3n) is 8.27. The van der Waals surface area contributed by atoms with Gasteiger partial charge in [-0.3, -0.25) is 2.78 Å². The molecular formula is C31H33IN6OP2. The van der Waals surface area contributed by atoms with Crippen molar-refractivity contribution >= 4 is 68.8 Å². The second-order valence-corrected chi connectivity index (χ2v) is 13.3. The minimum absolute atomic E-state index is 0.648. The minimum Gasteiger partial charge on any atom is -0.494 e. The van der Waals surface area contributed by atoms with Gasteiger partial charge in [0, 0.05) is 59.9 Å². The van der Waals surface area contributed by atoms with Crippen LogP contribution in [0.25, 0.3) is 27.8 Å². The van der Waals surface area contributed by atoms with Crippen LogP contribution < -0.4 is 20.2 Å². The molecule has 0 spiro atoms. The quantitative estimate of drug-likeness (QED) is 0.157. The van der Waals surface area contributed by atoms with Crippen molar-refractivity contribution in [1.82, 2.24) is 22.5 Å². The lowest BCUT2D eigenvalue weighted by atomic mass is 9.97. The summed E-state index contributed by atoms with van der Waals surface area (Å²) in [5.74, 6) is 2.31. The van der Waals surface area contributed by atoms with Gasteiger partial charge in [0.2, 0.25) is 5.95 Å². The van der Waals surface area contributed by atoms with Gasteiger partial charge >= 0.3 is 0 Å². The van der Waals surface area contributed by atoms with Crippen molar-refractivity contribution in [2.24, 2.45) is 0 Å². The van der Waals surface area contributed by atoms with E-state index in [0.717, 1.165) is 81.7 Å². The van der Waals surface area contributed by atoms with Crippen molar-refractivity contribution in [3.05, 3.63) is 71.3 Å². The number of benzene rings is 2. The van der Waals surface area contributed by atoms with Gasteiger partial charge in [-0.05, 0) is 53.7 Å². The number of rotatable bonds is 7. The van der Waals surface area contributed by atoms with E-state index in [0.29, 0.717) is 12.5 Å². The van der Waals surface area contributed by atoms with Gasteiger partial charge in [-0.2, -0.15) is 5.10 Å². The fraction of sp³-hybridized carbons (Fsp3) is 0.323. The van der Waals surface area contributed by atoms with Gasteiger partial charge in [0.1, 0.15) is 5.52 Å². The summed E-state index contributed by atoms with van der Waals surface area (Å²) in [5, 5.41) is 8.66. The van der Waals surface area contributed by atoms with Crippen molar-refractivity contribution in [1.29, 1.82) is 0 Å². The third-order valence-corrected chi connectivity index (χ3v) is 9.97. The number of methoxy groups -OCH3 is 1. The summed E-state index contributed by atoms with van der Waals surface area (Å²) < 4.78 is 10.2. The molecule has 0 amide bonds. The molecule has 210 valence electrons. The van der Waals surface area contributed by atoms with Crippen LogP contribution >= 0.6 is 41.3 Å². The molecule has 5 aromatic rings. The molecule has 2 unspecified atom stereocenters. The molecule has 1 fully saturated rings. The molecule has 0 radical (unpaired) electrons. The number of hydrogen-bond donors (Lipinski definition) is 0. The Morgan fingerprint density at radius 3 is 2.63 bits per heavy atom. The molecule has 0 bridgehead atoms. The Balaban J connectivity index is 1.45. The first-order valence-corrected chi connectivity index (χ1v) is 16.3. The number of halogens is 1. The maximum atomic E-state index is 5.88. The molecule has 3 aromatic heterocycles. The van der Waals surface area contributed by atoms with Gasteiger partial charge in [-0.15, -0.1) is 18.5 Å². The fourth-order valence-electron chi connectivity index (χ4n) is 6.14. The molecule has 1 saturated carbocycles. The molecule has 4 heterocycles. The third kappa shape index (κ3) is 4.76. The smallest absolute Gasteiger partial charge is 0.225 e. The average molecular weight is 694 g/mol. The first-order valence-electron chi connectivity index (χ1n) is 14.2. The SMILES string of the molecule is CCCc1cccc(P)c1-n1nc2c(c1-c1cc(P)c(OC)c3c1ccn3I)CN(c1ncc(C3CC3)cn1)CC2. The molecule has 1 aliphatic heterocycles. The number of aromatic nitrogens is 5. The largest absolute Gasteiger partial charge is 0.494 e. The monoisotopic (exact) mass is 694 g/mol. The Hall–Kier alpha value is -2.54. The second kappa shape index (κ2) is 10.9. The molecule has 2 aliphatic rings. The van der Waals surface area contributed by atoms with Crippen molar-refractivity contribution in [2.45, 2.75) is 51.5 Å². The lowest BCUT2D eigenvalue weighted by Gasteiger charge is -2.27. The molecule has 2 atom stereocenters. The molecule has 7 rings (SSSR count). The number of nitrogens with zero attached hydrogens (tertiary/aromatic N) is 6. The van der Waals surface area contributed by atoms with Crippen molar-refractivity contribution in [2.75, 3.05) is 18.6 Å². The highest BCUT2D eigenvalue weighted by molar-refractivity contribution is 14.1. The molecular weight excluding hydrogens is 661 g/mol. The van der Waals surface area contributed by atoms with Gasteiger partial charge < -0.3 is 9.64 Å². The van der Waals surface area contributed by atoms with E-state index >= 15 is 0 Å². The molecule has 10 heteroatoms. The van der Waals surface area contributed by atoms with Gasteiger partial charge in [-0.1, -0.05) is 31.5 Å². The van der Waals surface area contributed by atoms with Gasteiger partial charge in [0.05, 0.1) is 47.0 Å². The van der Waals surface area contributed by atoms with E-state index in [-0.39, 0.29) is 0 Å². The summed E-state index contributed by atoms with van der Waals surface area (Å²) in [6.45, 7) is 3.78. The van der Waals surface area contributed by atoms with Crippen molar-refractivity contribution in [3.63, 3.8) is 0 Å². The first-order chi connectivity index (χ1) is 20.0. The highest BCUT2D eigenvalue weighted by Crippen LogP contribution is 2.42. The Morgan fingerprint density at radius 2 is 1.90 bits per heavy atom. The van der Waals surface area contributed by atoms with Crippen LogP contribution in [-0.2, 0) is 19.4 Å². The van der Waals surface area contributed by atoms with Crippen LogP contribution in [0.1, 0.15) is 54.5 Å². The summed E-state index contributed by atoms with van der Waals surface area (Å²) in [5.41, 5.74) is 9.45. The Kier molecular flexibility index (Phi) is 7.29. The summed E-state index contributed by atoms with van der Waals surface area (Å²) in [6.07, 6.45) is 11.6. The highest BCUT2D eigenvalue weighted by atomic mass is 127. The molecule has 1 aliphatic carbocycles. The number of anilines is 1. The Morgan fingerprint density at radius 1 is 1.10 bits per heavy atom. The second-order valence-electron chi connectivity index (χ2n) is 11.0. The number of hydrogen-bond acceptors (Lipinski definition) is 5. The van der Waals surface area contributed by atoms with Crippen LogP contribution in [-0.4, -0.2) is 36.2 Å². The zero-order chi connectivity index (χ0) is 28.2. The number of para-hydroxylation sites is 1. The van der Waals surface area contributed by atoms with E-state index in [9.17, 15) is 0 Å². The average Bonchev–Trinajstić information content (AvgIpc) is 3.67. The highest BCUT2D eigenvalue weighted by Gasteiger charge is 2.31. The zero-order valence-corrected chi connectivity index (χ0v) is 27.7. The van der Waals surface area contributed by atoms with Crippen LogP contribution in [0.5, 0.6) is 5.75 Å². The van der Waals surface area contributed by atoms with Crippen molar-refractivity contribution < 1.29 is 4.74 Å². The van der Waals surface area contributed by atoms with Crippen molar-refractivity contribution in [3.8, 4) is 22.7 Å². The first kappa shape index (κ1) is 27.3. The van der Waals surface area contributed by atoms with Gasteiger partial charge in [0.15, 0.2) is 5.75 Å². The van der Waals surface area contributed by atoms with E-state index in [2.05, 4.69) is 97.2 Å². The Labute approximate surface area is 259 Å². The van der Waals surface area contributed by atoms with E-state index in [4.69, 9.17) is 19.8 Å². The lowest BCUT2D eigenvalue weighted by molar-refractivity contribution is 0.422. The number of ether oxygens (including phenoxy) is 1. The van der Waals surface area contributed by atoms with E-state index in [1.807, 2.05) is 12.4 Å². The van der Waals surface area contributed by atoms with Gasteiger partial charge in [0.25, 0.3) is 0 Å². The Bertz CT molecular complexity index is 1780. The maximum Gasteiger partial charge on any atom is 0.225 e. The number of aryl methyl sites for hydroxylation is 1. The predicted molar refractivity (Wildman–Crippen MR) is 182 cm³/mol. The van der Waals surface area contributed by atoms with Crippen LogP contribution in [0, 0.1) is 0 Å². The zero-order valence-electron chi connectivity index (χ0n) is 23.3. The van der Waals surface area contributed by atoms with Crippen LogP contribution in [0.3, 0.4) is 0 Å². The van der Waals surface area contributed by atoms with Crippen LogP contribution in [0.4, 0.5) is 5.95 Å². The molecule has 0 N–H and O–H groups in total. The normalized spacial score (nSPS) is 15.0. The molecule has 2 aromatic carbocycles. The topological polar surface area (TPSA) is 61.0 Å². The lowest BCUT2D eigenvalue weighted by Crippen LogP contribution is -2.31. The molecule has 41 heavy (non-hydrogen) atoms. The molecule has 0 saturated heterocycles. The summed E-state index contributed by atoms with van der Waals surface area (Å²) in [6, 6.07) is 11.0. The predicted octanol–water partition coefficient (Wildman–Crippen LogP) is 5.88. The van der Waals surface area contributed by atoms with E-state index < -0.39 is 0 Å². The summed E-state index contributed by atoms with van der Waals surface area (Å²) in [4.78, 5) is 11.9. The van der Waals surface area contributed by atoms with Crippen LogP contribution in [0.2, 0.25) is 0 Å². The minimum atomic E-state index is 0.648. The van der Waals surface area contributed by atoms with E-state index in [1.165, 1.54) is 29.5 Å². The molecule has 7 nitrogen and oxygen atoms in total. The number of fused-ring (bicyclic) bond motifs is 2. The maximum absolute atomic E-state index is 5.88. The summed E-state index contributed by atoms with van der Waals surface area (Å²) in [7, 11) is 7.58. The summed E-state index contributed by atoms with van der Waals surface area (Å²) >= 11 is 2.34. The van der Waals surface area contributed by atoms with Crippen LogP contribution in [0.15, 0.2) is 48.9 Å². The van der Waals surface area contributed by atoms with E-state index in [1.54, 1.807) is 7.11 Å². The fourth-order valence-corrected chi connectivity index (χ4v) is 7.62.